The number of aryl methyl sites for hydroxylation is 1. The molecule has 2 aromatic heterocycles. The van der Waals surface area contributed by atoms with Crippen LogP contribution in [-0.2, 0) is 0 Å². The van der Waals surface area contributed by atoms with Gasteiger partial charge < -0.3 is 9.40 Å². The molecule has 0 aliphatic carbocycles. The van der Waals surface area contributed by atoms with E-state index in [9.17, 15) is 0 Å². The van der Waals surface area contributed by atoms with Crippen molar-refractivity contribution >= 4 is 12.2 Å². The van der Waals surface area contributed by atoms with Crippen molar-refractivity contribution in [1.82, 2.24) is 9.97 Å². The molecule has 2 rings (SSSR count). The Kier molecular flexibility index (Phi) is 2.21. The summed E-state index contributed by atoms with van der Waals surface area (Å²) in [6, 6.07) is 1.90. The minimum absolute atomic E-state index is 0.637. The summed E-state index contributed by atoms with van der Waals surface area (Å²) in [4.78, 5) is 7.35. The molecular formula is C10H10N2OS. The van der Waals surface area contributed by atoms with Gasteiger partial charge in [0.1, 0.15) is 10.5 Å². The maximum Gasteiger partial charge on any atom is 0.133 e. The highest BCUT2D eigenvalue weighted by molar-refractivity contribution is 7.71. The van der Waals surface area contributed by atoms with Gasteiger partial charge in [-0.05, 0) is 19.9 Å². The SMILES string of the molecule is Cc1nc(=S)c(C)c(-c2ccoc2)[nH]1. The molecule has 0 atom stereocenters. The van der Waals surface area contributed by atoms with E-state index in [4.69, 9.17) is 16.6 Å². The van der Waals surface area contributed by atoms with Gasteiger partial charge in [0, 0.05) is 11.1 Å². The number of nitrogens with zero attached hydrogens (tertiary/aromatic N) is 1. The second kappa shape index (κ2) is 3.38. The predicted molar refractivity (Wildman–Crippen MR) is 56.6 cm³/mol. The molecule has 0 saturated heterocycles. The average molecular weight is 206 g/mol. The highest BCUT2D eigenvalue weighted by Gasteiger charge is 2.06. The number of hydrogen-bond acceptors (Lipinski definition) is 3. The van der Waals surface area contributed by atoms with E-state index in [-0.39, 0.29) is 0 Å². The molecule has 0 bridgehead atoms. The van der Waals surface area contributed by atoms with E-state index in [2.05, 4.69) is 9.97 Å². The molecule has 1 N–H and O–H groups in total. The molecule has 2 heterocycles. The normalized spacial score (nSPS) is 10.4. The first kappa shape index (κ1) is 9.15. The Morgan fingerprint density at radius 3 is 2.86 bits per heavy atom. The van der Waals surface area contributed by atoms with Crippen LogP contribution in [0, 0.1) is 18.5 Å². The molecule has 0 aromatic carbocycles. The number of H-pyrrole nitrogens is 1. The molecule has 2 aromatic rings. The standard InChI is InChI=1S/C10H10N2OS/c1-6-9(8-3-4-13-5-8)11-7(2)12-10(6)14/h3-5H,1-2H3,(H,11,12,14). The van der Waals surface area contributed by atoms with Gasteiger partial charge in [0.15, 0.2) is 0 Å². The first-order chi connectivity index (χ1) is 6.68. The van der Waals surface area contributed by atoms with Gasteiger partial charge in [0.05, 0.1) is 18.2 Å². The summed E-state index contributed by atoms with van der Waals surface area (Å²) in [6.07, 6.45) is 3.33. The largest absolute Gasteiger partial charge is 0.472 e. The van der Waals surface area contributed by atoms with Gasteiger partial charge in [0.25, 0.3) is 0 Å². The summed E-state index contributed by atoms with van der Waals surface area (Å²) in [5.41, 5.74) is 2.96. The van der Waals surface area contributed by atoms with Gasteiger partial charge in [-0.3, -0.25) is 0 Å². The Labute approximate surface area is 86.8 Å². The van der Waals surface area contributed by atoms with Crippen LogP contribution in [0.25, 0.3) is 11.3 Å². The fraction of sp³-hybridized carbons (Fsp3) is 0.200. The maximum atomic E-state index is 5.14. The third kappa shape index (κ3) is 1.48. The van der Waals surface area contributed by atoms with Crippen molar-refractivity contribution in [2.75, 3.05) is 0 Å². The van der Waals surface area contributed by atoms with Crippen LogP contribution < -0.4 is 0 Å². The summed E-state index contributed by atoms with van der Waals surface area (Å²) in [6.45, 7) is 3.84. The van der Waals surface area contributed by atoms with Crippen molar-refractivity contribution in [1.29, 1.82) is 0 Å². The first-order valence-electron chi connectivity index (χ1n) is 4.28. The Bertz CT molecular complexity index is 499. The van der Waals surface area contributed by atoms with Crippen LogP contribution in [0.15, 0.2) is 23.0 Å². The van der Waals surface area contributed by atoms with Gasteiger partial charge in [-0.2, -0.15) is 0 Å². The van der Waals surface area contributed by atoms with Crippen molar-refractivity contribution in [3.8, 4) is 11.3 Å². The summed E-state index contributed by atoms with van der Waals surface area (Å²) in [7, 11) is 0. The second-order valence-corrected chi connectivity index (χ2v) is 3.53. The molecule has 0 aliphatic heterocycles. The van der Waals surface area contributed by atoms with Gasteiger partial charge in [0.2, 0.25) is 0 Å². The van der Waals surface area contributed by atoms with E-state index < -0.39 is 0 Å². The summed E-state index contributed by atoms with van der Waals surface area (Å²) >= 11 is 5.14. The number of furan rings is 1. The Morgan fingerprint density at radius 1 is 1.43 bits per heavy atom. The van der Waals surface area contributed by atoms with Crippen LogP contribution in [0.3, 0.4) is 0 Å². The first-order valence-corrected chi connectivity index (χ1v) is 4.69. The van der Waals surface area contributed by atoms with Crippen LogP contribution >= 0.6 is 12.2 Å². The molecule has 0 aliphatic rings. The second-order valence-electron chi connectivity index (χ2n) is 3.14. The van der Waals surface area contributed by atoms with Crippen molar-refractivity contribution in [2.45, 2.75) is 13.8 Å². The zero-order valence-corrected chi connectivity index (χ0v) is 8.81. The molecule has 0 fully saturated rings. The smallest absolute Gasteiger partial charge is 0.133 e. The Morgan fingerprint density at radius 2 is 2.21 bits per heavy atom. The quantitative estimate of drug-likeness (QED) is 0.729. The van der Waals surface area contributed by atoms with Gasteiger partial charge in [-0.1, -0.05) is 12.2 Å². The van der Waals surface area contributed by atoms with E-state index in [0.29, 0.717) is 4.64 Å². The van der Waals surface area contributed by atoms with E-state index >= 15 is 0 Å². The van der Waals surface area contributed by atoms with Crippen LogP contribution in [-0.4, -0.2) is 9.97 Å². The number of hydrogen-bond donors (Lipinski definition) is 1. The number of rotatable bonds is 1. The lowest BCUT2D eigenvalue weighted by atomic mass is 10.1. The maximum absolute atomic E-state index is 5.14. The van der Waals surface area contributed by atoms with Crippen molar-refractivity contribution in [3.63, 3.8) is 0 Å². The lowest BCUT2D eigenvalue weighted by Crippen LogP contribution is -1.95. The van der Waals surface area contributed by atoms with Crippen molar-refractivity contribution in [2.24, 2.45) is 0 Å². The minimum atomic E-state index is 0.637. The lowest BCUT2D eigenvalue weighted by Gasteiger charge is -2.04. The predicted octanol–water partition coefficient (Wildman–Crippen LogP) is 3.02. The third-order valence-corrected chi connectivity index (χ3v) is 2.48. The zero-order chi connectivity index (χ0) is 10.1. The fourth-order valence-electron chi connectivity index (χ4n) is 1.34. The molecule has 0 radical (unpaired) electrons. The summed E-state index contributed by atoms with van der Waals surface area (Å²) in [5, 5.41) is 0. The number of aromatic amines is 1. The van der Waals surface area contributed by atoms with E-state index in [1.807, 2.05) is 19.9 Å². The van der Waals surface area contributed by atoms with Gasteiger partial charge in [-0.25, -0.2) is 4.98 Å². The van der Waals surface area contributed by atoms with Crippen LogP contribution in [0.4, 0.5) is 0 Å². The number of nitrogens with one attached hydrogen (secondary N) is 1. The Balaban J connectivity index is 2.70. The molecule has 0 saturated carbocycles. The molecule has 3 nitrogen and oxygen atoms in total. The molecule has 0 unspecified atom stereocenters. The Hall–Kier alpha value is -1.42. The third-order valence-electron chi connectivity index (χ3n) is 2.08. The summed E-state index contributed by atoms with van der Waals surface area (Å²) in [5.74, 6) is 0.816. The zero-order valence-electron chi connectivity index (χ0n) is 8.00. The molecule has 4 heteroatoms. The fourth-order valence-corrected chi connectivity index (χ4v) is 1.58. The molecular weight excluding hydrogens is 196 g/mol. The highest BCUT2D eigenvalue weighted by Crippen LogP contribution is 2.21. The van der Waals surface area contributed by atoms with Crippen molar-refractivity contribution in [3.05, 3.63) is 34.6 Å². The van der Waals surface area contributed by atoms with Gasteiger partial charge in [-0.15, -0.1) is 0 Å². The lowest BCUT2D eigenvalue weighted by molar-refractivity contribution is 0.568. The van der Waals surface area contributed by atoms with E-state index in [1.54, 1.807) is 12.5 Å². The number of aromatic nitrogens is 2. The van der Waals surface area contributed by atoms with Gasteiger partial charge >= 0.3 is 0 Å². The molecule has 14 heavy (non-hydrogen) atoms. The average Bonchev–Trinajstić information content (AvgIpc) is 2.63. The topological polar surface area (TPSA) is 41.8 Å². The summed E-state index contributed by atoms with van der Waals surface area (Å²) < 4.78 is 5.67. The van der Waals surface area contributed by atoms with E-state index in [1.165, 1.54) is 0 Å². The van der Waals surface area contributed by atoms with Crippen LogP contribution in [0.2, 0.25) is 0 Å². The minimum Gasteiger partial charge on any atom is -0.472 e. The monoisotopic (exact) mass is 206 g/mol. The highest BCUT2D eigenvalue weighted by atomic mass is 32.1. The van der Waals surface area contributed by atoms with E-state index in [0.717, 1.165) is 22.6 Å². The van der Waals surface area contributed by atoms with Crippen LogP contribution in [0.5, 0.6) is 0 Å². The molecule has 72 valence electrons. The molecule has 0 spiro atoms. The van der Waals surface area contributed by atoms with Crippen LogP contribution in [0.1, 0.15) is 11.4 Å². The van der Waals surface area contributed by atoms with Crippen molar-refractivity contribution < 1.29 is 4.42 Å². The molecule has 0 amide bonds.